The first kappa shape index (κ1) is 85.4. The van der Waals surface area contributed by atoms with Gasteiger partial charge in [-0.2, -0.15) is 0 Å². The molecule has 0 aliphatic carbocycles. The van der Waals surface area contributed by atoms with E-state index in [1.807, 2.05) is 48.5 Å². The Hall–Kier alpha value is -20.2. The van der Waals surface area contributed by atoms with Crippen LogP contribution in [-0.2, 0) is 0 Å². The molecular weight excluding hydrogens is 1830 g/mol. The fourth-order valence-electron chi connectivity index (χ4n) is 23.1. The molecule has 698 valence electrons. The van der Waals surface area contributed by atoms with E-state index in [0.29, 0.717) is 5.95 Å². The molecule has 0 fully saturated rings. The Morgan fingerprint density at radius 3 is 0.733 bits per heavy atom. The molecule has 0 bridgehead atoms. The average Bonchev–Trinajstić information content (AvgIpc) is 1.56. The van der Waals surface area contributed by atoms with Crippen molar-refractivity contribution in [1.29, 1.82) is 0 Å². The lowest BCUT2D eigenvalue weighted by atomic mass is 9.96. The number of para-hydroxylation sites is 3. The number of fused-ring (bicyclic) bond motifs is 9. The predicted octanol–water partition coefficient (Wildman–Crippen LogP) is 37.7. The van der Waals surface area contributed by atoms with Crippen LogP contribution >= 0.6 is 0 Å². The maximum atomic E-state index is 6.21. The highest BCUT2D eigenvalue weighted by Gasteiger charge is 2.28. The van der Waals surface area contributed by atoms with Gasteiger partial charge in [-0.05, 0) is 250 Å². The van der Waals surface area contributed by atoms with E-state index in [4.69, 9.17) is 33.2 Å². The zero-order chi connectivity index (χ0) is 98.5. The maximum absolute atomic E-state index is 6.21. The summed E-state index contributed by atoms with van der Waals surface area (Å²) in [6.07, 6.45) is 0. The predicted molar refractivity (Wildman–Crippen MR) is 621 cm³/mol. The molecule has 0 aliphatic rings. The van der Waals surface area contributed by atoms with Crippen molar-refractivity contribution < 1.29 is 13.3 Å². The zero-order valence-corrected chi connectivity index (χ0v) is 80.9. The minimum atomic E-state index is 0.652. The molecule has 0 radical (unpaired) electrons. The van der Waals surface area contributed by atoms with Gasteiger partial charge in [0.15, 0.2) is 0 Å². The van der Waals surface area contributed by atoms with Gasteiger partial charge in [-0.15, -0.1) is 0 Å². The lowest BCUT2D eigenvalue weighted by Crippen LogP contribution is -2.04. The van der Waals surface area contributed by atoms with Gasteiger partial charge in [0.05, 0.1) is 55.9 Å². The van der Waals surface area contributed by atoms with E-state index in [0.717, 1.165) is 211 Å². The summed E-state index contributed by atoms with van der Waals surface area (Å²) in [7, 11) is 0. The second-order valence-corrected chi connectivity index (χ2v) is 39.0. The third-order valence-corrected chi connectivity index (χ3v) is 30.2. The number of furan rings is 3. The van der Waals surface area contributed by atoms with E-state index in [1.54, 1.807) is 0 Å². The van der Waals surface area contributed by atoms with E-state index in [-0.39, 0.29) is 0 Å². The Morgan fingerprint density at radius 1 is 0.133 bits per heavy atom. The van der Waals surface area contributed by atoms with Gasteiger partial charge in [0.1, 0.15) is 45.1 Å². The molecule has 23 aromatic carbocycles. The quantitative estimate of drug-likeness (QED) is 0.0999. The third kappa shape index (κ3) is 14.5. The topological polar surface area (TPSA) is 106 Å². The largest absolute Gasteiger partial charge is 0.456 e. The van der Waals surface area contributed by atoms with Gasteiger partial charge in [-0.25, -0.2) is 19.9 Å². The Bertz CT molecular complexity index is 10300. The first-order valence-corrected chi connectivity index (χ1v) is 50.9. The summed E-state index contributed by atoms with van der Waals surface area (Å²) in [6.45, 7) is 0. The van der Waals surface area contributed by atoms with Crippen LogP contribution in [0, 0.1) is 0 Å². The van der Waals surface area contributed by atoms with Crippen molar-refractivity contribution in [3.8, 4) is 141 Å². The number of benzene rings is 23. The van der Waals surface area contributed by atoms with Gasteiger partial charge < -0.3 is 13.3 Å². The molecule has 0 N–H and O–H groups in total. The van der Waals surface area contributed by atoms with Crippen molar-refractivity contribution in [2.75, 3.05) is 0 Å². The van der Waals surface area contributed by atoms with Crippen LogP contribution < -0.4 is 0 Å². The van der Waals surface area contributed by atoms with Gasteiger partial charge in [-0.3, -0.25) is 13.7 Å². The number of rotatable bonds is 14. The molecule has 10 nitrogen and oxygen atoms in total. The van der Waals surface area contributed by atoms with Crippen molar-refractivity contribution in [3.63, 3.8) is 0 Å². The summed E-state index contributed by atoms with van der Waals surface area (Å²) in [6, 6.07) is 183. The van der Waals surface area contributed by atoms with Crippen LogP contribution in [0.5, 0.6) is 0 Å². The summed E-state index contributed by atoms with van der Waals surface area (Å²) in [4.78, 5) is 21.4. The maximum Gasteiger partial charge on any atom is 0.235 e. The lowest BCUT2D eigenvalue weighted by Gasteiger charge is -2.14. The van der Waals surface area contributed by atoms with Crippen molar-refractivity contribution in [2.24, 2.45) is 0 Å². The fourth-order valence-corrected chi connectivity index (χ4v) is 23.1. The minimum Gasteiger partial charge on any atom is -0.456 e. The van der Waals surface area contributed by atoms with Gasteiger partial charge in [0, 0.05) is 86.9 Å². The Labute approximate surface area is 860 Å². The smallest absolute Gasteiger partial charge is 0.235 e. The van der Waals surface area contributed by atoms with E-state index >= 15 is 0 Å². The molecule has 0 atom stereocenters. The van der Waals surface area contributed by atoms with Crippen molar-refractivity contribution >= 4 is 164 Å². The summed E-state index contributed by atoms with van der Waals surface area (Å²) < 4.78 is 25.5. The molecule has 0 amide bonds. The van der Waals surface area contributed by atoms with Gasteiger partial charge in [-0.1, -0.05) is 376 Å². The van der Waals surface area contributed by atoms with Crippen LogP contribution in [0.25, 0.3) is 304 Å². The number of hydrogen-bond donors (Lipinski definition) is 0. The van der Waals surface area contributed by atoms with Crippen LogP contribution in [0.3, 0.4) is 0 Å². The Balaban J connectivity index is 0.000000104. The highest BCUT2D eigenvalue weighted by Crippen LogP contribution is 2.49. The molecule has 10 heteroatoms. The molecule has 0 saturated carbocycles. The number of nitrogens with zero attached hydrogens (tertiary/aromatic N) is 7. The first-order chi connectivity index (χ1) is 74.3. The van der Waals surface area contributed by atoms with Gasteiger partial charge >= 0.3 is 0 Å². The van der Waals surface area contributed by atoms with Crippen LogP contribution in [0.2, 0.25) is 0 Å². The van der Waals surface area contributed by atoms with Crippen LogP contribution in [0.4, 0.5) is 0 Å². The summed E-state index contributed by atoms with van der Waals surface area (Å²) in [5, 5.41) is 21.5. The first-order valence-electron chi connectivity index (χ1n) is 50.9. The summed E-state index contributed by atoms with van der Waals surface area (Å²) >= 11 is 0. The molecule has 0 unspecified atom stereocenters. The monoisotopic (exact) mass is 1910 g/mol. The normalized spacial score (nSPS) is 11.9. The zero-order valence-electron chi connectivity index (χ0n) is 80.9. The SMILES string of the molecule is c1ccc(-c2cc(-c3ccccc3)nc(-n3c4cccc5ccc6cc(-c7ccc8oc9ccccc9c8c7)cc3c6c54)c2)cc1.c1ccc(-c2cc(-c3ccccc3)nc(-n3c4cccc5ccc6cc(-c7ccc8oc9ccccc9c8c7)cc3c6c54)n2)cc1.c1ccc(-c2ccc(-c3cc(-c4ccc(-c5ccccc5)cc4)nc(-n4c5cccc6ccc7cc(-c8ccc9oc%10ccccc%10c9c8)cc4c7c65)c3)cc2)cc1. The van der Waals surface area contributed by atoms with Crippen LogP contribution in [0.1, 0.15) is 0 Å². The van der Waals surface area contributed by atoms with Crippen molar-refractivity contribution in [3.05, 3.63) is 516 Å². The van der Waals surface area contributed by atoms with E-state index in [1.165, 1.54) is 86.9 Å². The van der Waals surface area contributed by atoms with Crippen LogP contribution in [0.15, 0.2) is 529 Å². The van der Waals surface area contributed by atoms with Crippen molar-refractivity contribution in [1.82, 2.24) is 33.6 Å². The molecular formula is C140H85N7O3. The molecule has 0 spiro atoms. The third-order valence-electron chi connectivity index (χ3n) is 30.2. The molecule has 150 heavy (non-hydrogen) atoms. The summed E-state index contributed by atoms with van der Waals surface area (Å²) in [5.41, 5.74) is 36.3. The molecule has 0 aliphatic heterocycles. The molecule has 32 rings (SSSR count). The van der Waals surface area contributed by atoms with Crippen LogP contribution in [-0.4, -0.2) is 33.6 Å². The fraction of sp³-hybridized carbons (Fsp3) is 0. The molecule has 9 aromatic heterocycles. The molecule has 32 aromatic rings. The standard InChI is InChI=1S/C55H34N2O.C43H26N2O.C42H25N3O/c1-3-10-35(11-4-1)37-18-20-39(21-19-37)45-32-48(40-24-22-38(23-25-40)36-12-5-2-6-13-36)56-53(34-45)57-49-16-9-14-41-26-27-43-30-44(33-50(57)55(43)54(41)49)42-28-29-52-47(31-42)46-15-7-8-17-51(46)58-52;1-3-10-27(11-4-1)33-24-36(28-12-5-2-6-13-28)44-41(26-33)45-37-16-9-14-29-18-19-31-22-32(25-38(45)43(31)42(29)37)30-20-21-40-35(23-30)34-15-7-8-17-39(34)46-40;1-3-10-26(11-4-1)34-25-35(27-12-5-2-6-13-27)44-42(43-34)45-36-16-9-14-28-18-19-30-22-31(24-37(45)41(30)40(28)36)29-20-21-39-33(23-29)32-15-7-8-17-38(32)46-39/h1-34H;1-26H;1-25H. The van der Waals surface area contributed by atoms with Crippen molar-refractivity contribution in [2.45, 2.75) is 0 Å². The summed E-state index contributed by atoms with van der Waals surface area (Å²) in [5.74, 6) is 2.43. The second kappa shape index (κ2) is 34.8. The minimum absolute atomic E-state index is 0.652. The molecule has 9 heterocycles. The number of hydrogen-bond acceptors (Lipinski definition) is 7. The Kier molecular flexibility index (Phi) is 19.8. The molecule has 0 saturated heterocycles. The van der Waals surface area contributed by atoms with E-state index in [2.05, 4.69) is 481 Å². The number of aromatic nitrogens is 7. The van der Waals surface area contributed by atoms with E-state index in [9.17, 15) is 0 Å². The number of pyridine rings is 2. The van der Waals surface area contributed by atoms with E-state index < -0.39 is 0 Å². The highest BCUT2D eigenvalue weighted by atomic mass is 16.3. The lowest BCUT2D eigenvalue weighted by molar-refractivity contribution is 0.668. The average molecular weight is 1910 g/mol. The highest BCUT2D eigenvalue weighted by molar-refractivity contribution is 6.28. The van der Waals surface area contributed by atoms with Gasteiger partial charge in [0.2, 0.25) is 5.95 Å². The van der Waals surface area contributed by atoms with Gasteiger partial charge in [0.25, 0.3) is 0 Å². The second-order valence-electron chi connectivity index (χ2n) is 39.0. The Morgan fingerprint density at radius 2 is 0.380 bits per heavy atom.